The molecule has 1 aromatic rings. The first-order valence-electron chi connectivity index (χ1n) is 7.12. The van der Waals surface area contributed by atoms with Gasteiger partial charge in [0, 0.05) is 25.3 Å². The fraction of sp³-hybridized carbons (Fsp3) is 0.533. The minimum absolute atomic E-state index is 0.00760. The second-order valence-electron chi connectivity index (χ2n) is 5.79. The number of aromatic nitrogens is 1. The Labute approximate surface area is 129 Å². The van der Waals surface area contributed by atoms with E-state index < -0.39 is 0 Å². The second-order valence-corrected chi connectivity index (χ2v) is 6.06. The van der Waals surface area contributed by atoms with Crippen LogP contribution in [0, 0.1) is 17.2 Å². The second kappa shape index (κ2) is 5.53. The van der Waals surface area contributed by atoms with Gasteiger partial charge in [-0.15, -0.1) is 11.6 Å². The number of anilines is 1. The topological polar surface area (TPSA) is 60.2 Å². The van der Waals surface area contributed by atoms with E-state index in [9.17, 15) is 4.79 Å². The number of fused-ring (bicyclic) bond motifs is 2. The molecule has 3 atom stereocenters. The van der Waals surface area contributed by atoms with Gasteiger partial charge in [0.2, 0.25) is 5.91 Å². The van der Waals surface area contributed by atoms with Gasteiger partial charge < -0.3 is 9.80 Å². The first-order chi connectivity index (χ1) is 10.1. The molecule has 110 valence electrons. The predicted octanol–water partition coefficient (Wildman–Crippen LogP) is 1.62. The van der Waals surface area contributed by atoms with Gasteiger partial charge in [0.1, 0.15) is 17.8 Å². The Balaban J connectivity index is 1.84. The van der Waals surface area contributed by atoms with Crippen LogP contribution in [0.4, 0.5) is 5.82 Å². The molecule has 21 heavy (non-hydrogen) atoms. The minimum atomic E-state index is 0.00760. The van der Waals surface area contributed by atoms with Crippen molar-refractivity contribution in [2.75, 3.05) is 23.9 Å². The monoisotopic (exact) mass is 304 g/mol. The molecular formula is C15H17ClN4O. The van der Waals surface area contributed by atoms with E-state index in [1.807, 2.05) is 11.0 Å². The largest absolute Gasteiger partial charge is 0.347 e. The average Bonchev–Trinajstić information content (AvgIpc) is 2.72. The van der Waals surface area contributed by atoms with E-state index in [1.54, 1.807) is 12.3 Å². The van der Waals surface area contributed by atoms with Crippen LogP contribution >= 0.6 is 11.6 Å². The quantitative estimate of drug-likeness (QED) is 0.779. The summed E-state index contributed by atoms with van der Waals surface area (Å²) in [6.07, 6.45) is 2.66. The van der Waals surface area contributed by atoms with Gasteiger partial charge in [-0.1, -0.05) is 6.92 Å². The van der Waals surface area contributed by atoms with Crippen molar-refractivity contribution in [2.45, 2.75) is 25.4 Å². The lowest BCUT2D eigenvalue weighted by molar-refractivity contribution is -0.129. The average molecular weight is 305 g/mol. The van der Waals surface area contributed by atoms with Crippen LogP contribution in [0.25, 0.3) is 0 Å². The fourth-order valence-electron chi connectivity index (χ4n) is 3.48. The van der Waals surface area contributed by atoms with E-state index in [4.69, 9.17) is 16.9 Å². The molecular weight excluding hydrogens is 288 g/mol. The van der Waals surface area contributed by atoms with Crippen LogP contribution in [0.3, 0.4) is 0 Å². The third kappa shape index (κ3) is 2.44. The number of pyridine rings is 1. The molecule has 2 saturated heterocycles. The summed E-state index contributed by atoms with van der Waals surface area (Å²) in [5.41, 5.74) is 0.565. The number of piperazine rings is 1. The maximum absolute atomic E-state index is 11.8. The van der Waals surface area contributed by atoms with Crippen molar-refractivity contribution in [3.63, 3.8) is 0 Å². The molecule has 0 radical (unpaired) electrons. The predicted molar refractivity (Wildman–Crippen MR) is 80.1 cm³/mol. The molecule has 3 heterocycles. The molecule has 2 unspecified atom stereocenters. The van der Waals surface area contributed by atoms with Crippen molar-refractivity contribution >= 4 is 23.3 Å². The minimum Gasteiger partial charge on any atom is -0.347 e. The number of carbonyl (C=O) groups is 1. The fourth-order valence-corrected chi connectivity index (χ4v) is 3.65. The highest BCUT2D eigenvalue weighted by Gasteiger charge is 2.45. The summed E-state index contributed by atoms with van der Waals surface area (Å²) in [6.45, 7) is 3.62. The Bertz CT molecular complexity index is 582. The van der Waals surface area contributed by atoms with E-state index >= 15 is 0 Å². The Morgan fingerprint density at radius 3 is 2.90 bits per heavy atom. The van der Waals surface area contributed by atoms with Gasteiger partial charge in [0.25, 0.3) is 0 Å². The summed E-state index contributed by atoms with van der Waals surface area (Å²) < 4.78 is 0. The zero-order valence-electron chi connectivity index (χ0n) is 11.9. The van der Waals surface area contributed by atoms with Gasteiger partial charge in [-0.2, -0.15) is 5.26 Å². The summed E-state index contributed by atoms with van der Waals surface area (Å²) in [5, 5.41) is 8.86. The molecule has 0 saturated carbocycles. The number of amides is 1. The summed E-state index contributed by atoms with van der Waals surface area (Å²) in [5.74, 6) is 1.46. The van der Waals surface area contributed by atoms with Crippen molar-refractivity contribution in [1.82, 2.24) is 9.88 Å². The molecule has 6 heteroatoms. The van der Waals surface area contributed by atoms with E-state index in [2.05, 4.69) is 22.9 Å². The van der Waals surface area contributed by atoms with Crippen molar-refractivity contribution in [3.05, 3.63) is 23.9 Å². The van der Waals surface area contributed by atoms with Gasteiger partial charge in [-0.3, -0.25) is 4.79 Å². The summed E-state index contributed by atoms with van der Waals surface area (Å²) >= 11 is 5.68. The Morgan fingerprint density at radius 1 is 1.52 bits per heavy atom. The molecule has 5 nitrogen and oxygen atoms in total. The standard InChI is InChI=1S/C15H17ClN4O/c1-10-4-12-8-19(15(21)5-16)9-13(10)20(12)14-3-2-11(6-17)7-18-14/h2-3,7,10,12-13H,4-5,8-9H2,1H3/t10-,12?,13?/m0/s1. The van der Waals surface area contributed by atoms with Gasteiger partial charge in [0.15, 0.2) is 0 Å². The molecule has 0 N–H and O–H groups in total. The van der Waals surface area contributed by atoms with Crippen LogP contribution in [-0.4, -0.2) is 46.8 Å². The molecule has 2 fully saturated rings. The third-order valence-corrected chi connectivity index (χ3v) is 4.73. The van der Waals surface area contributed by atoms with E-state index in [0.717, 1.165) is 12.2 Å². The number of hydrogen-bond donors (Lipinski definition) is 0. The first kappa shape index (κ1) is 14.2. The van der Waals surface area contributed by atoms with Crippen LogP contribution in [0.15, 0.2) is 18.3 Å². The SMILES string of the molecule is C[C@H]1CC2CN(C(=O)CCl)CC1N2c1ccc(C#N)cn1. The summed E-state index contributed by atoms with van der Waals surface area (Å²) in [7, 11) is 0. The zero-order chi connectivity index (χ0) is 15.0. The highest BCUT2D eigenvalue weighted by molar-refractivity contribution is 6.27. The van der Waals surface area contributed by atoms with Gasteiger partial charge in [0.05, 0.1) is 11.6 Å². The van der Waals surface area contributed by atoms with Gasteiger partial charge in [-0.05, 0) is 24.5 Å². The van der Waals surface area contributed by atoms with Gasteiger partial charge >= 0.3 is 0 Å². The van der Waals surface area contributed by atoms with Crippen molar-refractivity contribution < 1.29 is 4.79 Å². The maximum atomic E-state index is 11.8. The Kier molecular flexibility index (Phi) is 3.73. The number of carbonyl (C=O) groups excluding carboxylic acids is 1. The number of nitriles is 1. The van der Waals surface area contributed by atoms with Crippen molar-refractivity contribution in [2.24, 2.45) is 5.92 Å². The molecule has 0 spiro atoms. The highest BCUT2D eigenvalue weighted by Crippen LogP contribution is 2.37. The van der Waals surface area contributed by atoms with Crippen LogP contribution in [0.5, 0.6) is 0 Å². The number of rotatable bonds is 2. The number of alkyl halides is 1. The molecule has 1 amide bonds. The molecule has 1 aromatic heterocycles. The number of nitrogens with zero attached hydrogens (tertiary/aromatic N) is 4. The highest BCUT2D eigenvalue weighted by atomic mass is 35.5. The zero-order valence-corrected chi connectivity index (χ0v) is 12.6. The molecule has 3 rings (SSSR count). The Hall–Kier alpha value is -1.80. The summed E-state index contributed by atoms with van der Waals surface area (Å²) in [4.78, 5) is 20.4. The number of halogens is 1. The first-order valence-corrected chi connectivity index (χ1v) is 7.65. The molecule has 2 aliphatic rings. The molecule has 0 aliphatic carbocycles. The maximum Gasteiger partial charge on any atom is 0.237 e. The summed E-state index contributed by atoms with van der Waals surface area (Å²) in [6, 6.07) is 6.34. The third-order valence-electron chi connectivity index (χ3n) is 4.50. The Morgan fingerprint density at radius 2 is 2.33 bits per heavy atom. The lowest BCUT2D eigenvalue weighted by atomic mass is 10.0. The molecule has 2 aliphatic heterocycles. The number of hydrogen-bond acceptors (Lipinski definition) is 4. The smallest absolute Gasteiger partial charge is 0.237 e. The van der Waals surface area contributed by atoms with Crippen LogP contribution in [0.1, 0.15) is 18.9 Å². The van der Waals surface area contributed by atoms with Crippen molar-refractivity contribution in [1.29, 1.82) is 5.26 Å². The van der Waals surface area contributed by atoms with Crippen molar-refractivity contribution in [3.8, 4) is 6.07 Å². The van der Waals surface area contributed by atoms with Crippen LogP contribution in [0.2, 0.25) is 0 Å². The van der Waals surface area contributed by atoms with E-state index in [0.29, 0.717) is 24.6 Å². The lowest BCUT2D eigenvalue weighted by Gasteiger charge is -2.42. The molecule has 0 aromatic carbocycles. The lowest BCUT2D eigenvalue weighted by Crippen LogP contribution is -2.56. The van der Waals surface area contributed by atoms with Crippen LogP contribution in [-0.2, 0) is 4.79 Å². The molecule has 2 bridgehead atoms. The normalized spacial score (nSPS) is 27.6. The number of likely N-dealkylation sites (tertiary alicyclic amines) is 1. The van der Waals surface area contributed by atoms with E-state index in [1.165, 1.54) is 0 Å². The van der Waals surface area contributed by atoms with Gasteiger partial charge in [-0.25, -0.2) is 4.98 Å². The van der Waals surface area contributed by atoms with E-state index in [-0.39, 0.29) is 23.9 Å². The van der Waals surface area contributed by atoms with Crippen LogP contribution < -0.4 is 4.90 Å².